The fourth-order valence-corrected chi connectivity index (χ4v) is 2.05. The van der Waals surface area contributed by atoms with E-state index >= 15 is 0 Å². The molecular weight excluding hydrogens is 309 g/mol. The number of hydrogen-bond donors (Lipinski definition) is 1. The van der Waals surface area contributed by atoms with Crippen molar-refractivity contribution in [2.24, 2.45) is 0 Å². The van der Waals surface area contributed by atoms with Crippen LogP contribution in [0, 0.1) is 0 Å². The molecule has 0 atom stereocenters. The monoisotopic (exact) mass is 325 g/mol. The second-order valence-electron chi connectivity index (χ2n) is 4.49. The summed E-state index contributed by atoms with van der Waals surface area (Å²) in [5.74, 6) is 1.42. The SMILES string of the molecule is COCCNCc1ccc(Oc2ccc(Cl)c(Cl)c2)cc1. The molecule has 0 unspecified atom stereocenters. The van der Waals surface area contributed by atoms with Crippen molar-refractivity contribution in [1.82, 2.24) is 5.32 Å². The van der Waals surface area contributed by atoms with E-state index in [1.165, 1.54) is 5.56 Å². The topological polar surface area (TPSA) is 30.5 Å². The molecule has 0 amide bonds. The van der Waals surface area contributed by atoms with Crippen molar-refractivity contribution < 1.29 is 9.47 Å². The number of halogens is 2. The Morgan fingerprint density at radius 1 is 0.952 bits per heavy atom. The lowest BCUT2D eigenvalue weighted by Crippen LogP contribution is -2.18. The van der Waals surface area contributed by atoms with E-state index in [1.54, 1.807) is 25.3 Å². The highest BCUT2D eigenvalue weighted by Crippen LogP contribution is 2.29. The first-order chi connectivity index (χ1) is 10.2. The lowest BCUT2D eigenvalue weighted by Gasteiger charge is -2.08. The van der Waals surface area contributed by atoms with E-state index in [0.29, 0.717) is 22.4 Å². The Bertz CT molecular complexity index is 573. The van der Waals surface area contributed by atoms with Gasteiger partial charge < -0.3 is 14.8 Å². The van der Waals surface area contributed by atoms with Crippen LogP contribution in [0.3, 0.4) is 0 Å². The summed E-state index contributed by atoms with van der Waals surface area (Å²) in [5.41, 5.74) is 1.19. The lowest BCUT2D eigenvalue weighted by molar-refractivity contribution is 0.199. The molecule has 0 aliphatic heterocycles. The quantitative estimate of drug-likeness (QED) is 0.759. The van der Waals surface area contributed by atoms with E-state index in [1.807, 2.05) is 24.3 Å². The number of hydrogen-bond acceptors (Lipinski definition) is 3. The van der Waals surface area contributed by atoms with Crippen molar-refractivity contribution >= 4 is 23.2 Å². The van der Waals surface area contributed by atoms with E-state index in [0.717, 1.165) is 18.8 Å². The van der Waals surface area contributed by atoms with Gasteiger partial charge in [0, 0.05) is 26.3 Å². The van der Waals surface area contributed by atoms with Crippen LogP contribution >= 0.6 is 23.2 Å². The van der Waals surface area contributed by atoms with E-state index in [4.69, 9.17) is 32.7 Å². The van der Waals surface area contributed by atoms with Crippen LogP contribution in [0.4, 0.5) is 0 Å². The summed E-state index contributed by atoms with van der Waals surface area (Å²) in [6.45, 7) is 2.34. The van der Waals surface area contributed by atoms with Gasteiger partial charge >= 0.3 is 0 Å². The first kappa shape index (κ1) is 16.1. The molecule has 0 aliphatic rings. The van der Waals surface area contributed by atoms with Crippen LogP contribution in [-0.2, 0) is 11.3 Å². The molecule has 2 aromatic rings. The molecule has 0 spiro atoms. The summed E-state index contributed by atoms with van der Waals surface area (Å²) >= 11 is 11.8. The van der Waals surface area contributed by atoms with Crippen LogP contribution in [0.2, 0.25) is 10.0 Å². The van der Waals surface area contributed by atoms with Crippen molar-refractivity contribution in [2.75, 3.05) is 20.3 Å². The highest BCUT2D eigenvalue weighted by Gasteiger charge is 2.02. The minimum absolute atomic E-state index is 0.480. The van der Waals surface area contributed by atoms with Crippen molar-refractivity contribution in [2.45, 2.75) is 6.54 Å². The van der Waals surface area contributed by atoms with E-state index in [-0.39, 0.29) is 0 Å². The van der Waals surface area contributed by atoms with Crippen LogP contribution in [0.15, 0.2) is 42.5 Å². The molecule has 0 aromatic heterocycles. The number of ether oxygens (including phenoxy) is 2. The molecule has 0 bridgehead atoms. The molecule has 0 aliphatic carbocycles. The molecule has 3 nitrogen and oxygen atoms in total. The van der Waals surface area contributed by atoms with Gasteiger partial charge in [-0.3, -0.25) is 0 Å². The van der Waals surface area contributed by atoms with E-state index < -0.39 is 0 Å². The standard InChI is InChI=1S/C16H17Cl2NO2/c1-20-9-8-19-11-12-2-4-13(5-3-12)21-14-6-7-15(17)16(18)10-14/h2-7,10,19H,8-9,11H2,1H3. The number of benzene rings is 2. The van der Waals surface area contributed by atoms with Crippen LogP contribution < -0.4 is 10.1 Å². The van der Waals surface area contributed by atoms with Crippen molar-refractivity contribution in [3.05, 3.63) is 58.1 Å². The van der Waals surface area contributed by atoms with Crippen LogP contribution in [0.25, 0.3) is 0 Å². The third-order valence-electron chi connectivity index (χ3n) is 2.86. The van der Waals surface area contributed by atoms with E-state index in [9.17, 15) is 0 Å². The van der Waals surface area contributed by atoms with E-state index in [2.05, 4.69) is 5.32 Å². The minimum Gasteiger partial charge on any atom is -0.457 e. The third kappa shape index (κ3) is 5.21. The van der Waals surface area contributed by atoms with Gasteiger partial charge in [-0.15, -0.1) is 0 Å². The van der Waals surface area contributed by atoms with Crippen molar-refractivity contribution in [1.29, 1.82) is 0 Å². The summed E-state index contributed by atoms with van der Waals surface area (Å²) in [4.78, 5) is 0. The maximum atomic E-state index is 5.96. The Labute approximate surface area is 134 Å². The summed E-state index contributed by atoms with van der Waals surface area (Å²) in [6, 6.07) is 13.1. The average molecular weight is 326 g/mol. The number of rotatable bonds is 7. The first-order valence-electron chi connectivity index (χ1n) is 6.60. The molecule has 0 heterocycles. The van der Waals surface area contributed by atoms with Crippen LogP contribution in [-0.4, -0.2) is 20.3 Å². The van der Waals surface area contributed by atoms with Gasteiger partial charge in [-0.25, -0.2) is 0 Å². The Morgan fingerprint density at radius 2 is 1.67 bits per heavy atom. The summed E-state index contributed by atoms with van der Waals surface area (Å²) in [6.07, 6.45) is 0. The first-order valence-corrected chi connectivity index (χ1v) is 7.36. The number of methoxy groups -OCH3 is 1. The highest BCUT2D eigenvalue weighted by atomic mass is 35.5. The predicted octanol–water partition coefficient (Wildman–Crippen LogP) is 4.52. The molecule has 0 saturated heterocycles. The van der Waals surface area contributed by atoms with Gasteiger partial charge in [0.05, 0.1) is 16.7 Å². The van der Waals surface area contributed by atoms with Gasteiger partial charge in [0.15, 0.2) is 0 Å². The van der Waals surface area contributed by atoms with Crippen molar-refractivity contribution in [3.8, 4) is 11.5 Å². The zero-order chi connectivity index (χ0) is 15.1. The van der Waals surface area contributed by atoms with Gasteiger partial charge in [0.1, 0.15) is 11.5 Å². The molecule has 0 saturated carbocycles. The Morgan fingerprint density at radius 3 is 2.33 bits per heavy atom. The Hall–Kier alpha value is -1.26. The molecule has 21 heavy (non-hydrogen) atoms. The lowest BCUT2D eigenvalue weighted by atomic mass is 10.2. The molecule has 0 radical (unpaired) electrons. The van der Waals surface area contributed by atoms with Crippen LogP contribution in [0.5, 0.6) is 11.5 Å². The Kier molecular flexibility index (Phi) is 6.33. The molecule has 2 rings (SSSR count). The molecule has 5 heteroatoms. The van der Waals surface area contributed by atoms with Gasteiger partial charge in [-0.1, -0.05) is 35.3 Å². The fourth-order valence-electron chi connectivity index (χ4n) is 1.76. The fraction of sp³-hybridized carbons (Fsp3) is 0.250. The minimum atomic E-state index is 0.480. The van der Waals surface area contributed by atoms with Crippen LogP contribution in [0.1, 0.15) is 5.56 Å². The maximum Gasteiger partial charge on any atom is 0.129 e. The van der Waals surface area contributed by atoms with Crippen molar-refractivity contribution in [3.63, 3.8) is 0 Å². The molecule has 2 aromatic carbocycles. The van der Waals surface area contributed by atoms with Gasteiger partial charge in [-0.05, 0) is 29.8 Å². The second-order valence-corrected chi connectivity index (χ2v) is 5.31. The molecule has 1 N–H and O–H groups in total. The summed E-state index contributed by atoms with van der Waals surface area (Å²) in [7, 11) is 1.69. The van der Waals surface area contributed by atoms with Gasteiger partial charge in [-0.2, -0.15) is 0 Å². The predicted molar refractivity (Wildman–Crippen MR) is 86.6 cm³/mol. The highest BCUT2D eigenvalue weighted by molar-refractivity contribution is 6.42. The summed E-state index contributed by atoms with van der Waals surface area (Å²) in [5, 5.41) is 4.28. The second kappa shape index (κ2) is 8.25. The molecular formula is C16H17Cl2NO2. The normalized spacial score (nSPS) is 10.6. The Balaban J connectivity index is 1.91. The summed E-state index contributed by atoms with van der Waals surface area (Å²) < 4.78 is 10.7. The zero-order valence-corrected chi connectivity index (χ0v) is 13.2. The number of nitrogens with one attached hydrogen (secondary N) is 1. The zero-order valence-electron chi connectivity index (χ0n) is 11.7. The third-order valence-corrected chi connectivity index (χ3v) is 3.60. The van der Waals surface area contributed by atoms with Gasteiger partial charge in [0.2, 0.25) is 0 Å². The maximum absolute atomic E-state index is 5.96. The smallest absolute Gasteiger partial charge is 0.129 e. The molecule has 112 valence electrons. The largest absolute Gasteiger partial charge is 0.457 e. The van der Waals surface area contributed by atoms with Gasteiger partial charge in [0.25, 0.3) is 0 Å². The average Bonchev–Trinajstić information content (AvgIpc) is 2.49. The molecule has 0 fully saturated rings.